The number of hydrogen-bond donors (Lipinski definition) is 2. The van der Waals surface area contributed by atoms with Crippen LogP contribution in [0, 0.1) is 0 Å². The van der Waals surface area contributed by atoms with Crippen LogP contribution in [0.4, 0.5) is 11.4 Å². The molecule has 2 N–H and O–H groups in total. The Hall–Kier alpha value is -8.99. The normalized spacial score (nSPS) is 11.8. The van der Waals surface area contributed by atoms with Crippen molar-refractivity contribution < 1.29 is 0 Å². The van der Waals surface area contributed by atoms with E-state index < -0.39 is 0 Å². The van der Waals surface area contributed by atoms with E-state index in [1.54, 1.807) is 0 Å². The predicted octanol–water partition coefficient (Wildman–Crippen LogP) is 17.9. The Morgan fingerprint density at radius 1 is 0.493 bits per heavy atom. The number of para-hydroxylation sites is 2. The Balaban J connectivity index is 1.18. The molecule has 0 unspecified atom stereocenters. The summed E-state index contributed by atoms with van der Waals surface area (Å²) < 4.78 is 2.49. The molecule has 0 bridgehead atoms. The highest BCUT2D eigenvalue weighted by Gasteiger charge is 2.25. The summed E-state index contributed by atoms with van der Waals surface area (Å²) in [5, 5.41) is 9.85. The maximum absolute atomic E-state index is 5.78. The van der Waals surface area contributed by atoms with Crippen molar-refractivity contribution in [2.24, 2.45) is 4.99 Å². The van der Waals surface area contributed by atoms with Gasteiger partial charge in [-0.3, -0.25) is 4.99 Å². The zero-order valence-electron chi connectivity index (χ0n) is 41.5. The molecule has 0 radical (unpaired) electrons. The fraction of sp³-hybridized carbons (Fsp3) is 0.0870. The van der Waals surface area contributed by atoms with E-state index in [4.69, 9.17) is 4.99 Å². The first-order valence-corrected chi connectivity index (χ1v) is 25.5. The summed E-state index contributed by atoms with van der Waals surface area (Å²) in [6, 6.07) is 89.7. The van der Waals surface area contributed by atoms with E-state index in [1.807, 2.05) is 7.05 Å². The van der Waals surface area contributed by atoms with Crippen LogP contribution in [0.25, 0.3) is 83.1 Å². The van der Waals surface area contributed by atoms with Gasteiger partial charge in [0.25, 0.3) is 0 Å². The number of anilines is 2. The van der Waals surface area contributed by atoms with Crippen LogP contribution in [-0.2, 0) is 13.1 Å². The molecular formula is C69H58N4. The van der Waals surface area contributed by atoms with Gasteiger partial charge in [-0.25, -0.2) is 0 Å². The number of rotatable bonds is 16. The number of aryl methyl sites for hydroxylation is 1. The molecule has 354 valence electrons. The summed E-state index contributed by atoms with van der Waals surface area (Å²) in [5.74, 6) is 0. The van der Waals surface area contributed by atoms with E-state index in [-0.39, 0.29) is 0 Å². The molecule has 0 spiro atoms. The lowest BCUT2D eigenvalue weighted by atomic mass is 9.88. The zero-order valence-corrected chi connectivity index (χ0v) is 41.5. The number of fused-ring (bicyclic) bond motifs is 3. The number of benzene rings is 10. The fourth-order valence-corrected chi connectivity index (χ4v) is 10.4. The van der Waals surface area contributed by atoms with Crippen molar-refractivity contribution in [3.8, 4) is 55.6 Å². The van der Waals surface area contributed by atoms with Gasteiger partial charge in [0.1, 0.15) is 6.67 Å². The smallest absolute Gasteiger partial charge is 0.115 e. The Morgan fingerprint density at radius 2 is 1.04 bits per heavy atom. The molecule has 4 heteroatoms. The van der Waals surface area contributed by atoms with E-state index in [0.717, 1.165) is 75.3 Å². The van der Waals surface area contributed by atoms with Crippen molar-refractivity contribution in [2.75, 3.05) is 12.4 Å². The Kier molecular flexibility index (Phi) is 13.7. The van der Waals surface area contributed by atoms with Crippen molar-refractivity contribution in [1.82, 2.24) is 9.88 Å². The minimum absolute atomic E-state index is 0.408. The van der Waals surface area contributed by atoms with Gasteiger partial charge in [0.2, 0.25) is 0 Å². The Bertz CT molecular complexity index is 3670. The molecule has 0 saturated carbocycles. The molecule has 0 aliphatic rings. The fourth-order valence-electron chi connectivity index (χ4n) is 10.4. The molecular weight excluding hydrogens is 885 g/mol. The second-order valence-corrected chi connectivity index (χ2v) is 18.5. The number of nitrogens with one attached hydrogen (secondary N) is 2. The van der Waals surface area contributed by atoms with Gasteiger partial charge in [0.05, 0.1) is 11.0 Å². The first kappa shape index (κ1) is 46.4. The van der Waals surface area contributed by atoms with Gasteiger partial charge in [-0.1, -0.05) is 213 Å². The molecule has 11 rings (SSSR count). The third kappa shape index (κ3) is 9.89. The van der Waals surface area contributed by atoms with Gasteiger partial charge in [-0.05, 0) is 135 Å². The van der Waals surface area contributed by atoms with Crippen LogP contribution < -0.4 is 10.6 Å². The average molecular weight is 943 g/mol. The van der Waals surface area contributed by atoms with Crippen molar-refractivity contribution in [1.29, 1.82) is 0 Å². The SMILES string of the molecule is CCc1ccccc1-c1c(Nc2ccccc2)cc(-c2cc(-c3ccccc3)cc(-c3ccccc3)c2)c2c3ccccc3n(CN=C(CC/C=C(\NC)c3ccccc3)c3cccc(-c4ccccc4)c3)c12. The van der Waals surface area contributed by atoms with Gasteiger partial charge < -0.3 is 15.2 Å². The van der Waals surface area contributed by atoms with E-state index in [1.165, 1.54) is 60.8 Å². The number of nitrogens with zero attached hydrogens (tertiary/aromatic N) is 2. The maximum atomic E-state index is 5.78. The molecule has 0 saturated heterocycles. The molecule has 11 aromatic rings. The first-order chi connectivity index (χ1) is 36.1. The molecule has 10 aromatic carbocycles. The van der Waals surface area contributed by atoms with Crippen LogP contribution in [0.15, 0.2) is 260 Å². The average Bonchev–Trinajstić information content (AvgIpc) is 3.80. The minimum atomic E-state index is 0.408. The van der Waals surface area contributed by atoms with Crippen LogP contribution in [0.3, 0.4) is 0 Å². The highest BCUT2D eigenvalue weighted by Crippen LogP contribution is 2.48. The van der Waals surface area contributed by atoms with Crippen LogP contribution >= 0.6 is 0 Å². The zero-order chi connectivity index (χ0) is 49.3. The van der Waals surface area contributed by atoms with Crippen molar-refractivity contribution in [3.05, 3.63) is 271 Å². The summed E-state index contributed by atoms with van der Waals surface area (Å²) in [6.45, 7) is 2.67. The second kappa shape index (κ2) is 21.6. The first-order valence-electron chi connectivity index (χ1n) is 25.5. The summed E-state index contributed by atoms with van der Waals surface area (Å²) in [6.07, 6.45) is 4.75. The predicted molar refractivity (Wildman–Crippen MR) is 311 cm³/mol. The molecule has 73 heavy (non-hydrogen) atoms. The van der Waals surface area contributed by atoms with Gasteiger partial charge in [-0.2, -0.15) is 0 Å². The van der Waals surface area contributed by atoms with Gasteiger partial charge in [0.15, 0.2) is 0 Å². The quantitative estimate of drug-likeness (QED) is 0.0948. The van der Waals surface area contributed by atoms with E-state index in [0.29, 0.717) is 6.67 Å². The van der Waals surface area contributed by atoms with E-state index in [9.17, 15) is 0 Å². The summed E-state index contributed by atoms with van der Waals surface area (Å²) in [5.41, 5.74) is 21.8. The van der Waals surface area contributed by atoms with Gasteiger partial charge in [0, 0.05) is 46.2 Å². The third-order valence-electron chi connectivity index (χ3n) is 14.0. The van der Waals surface area contributed by atoms with Crippen molar-refractivity contribution >= 4 is 44.6 Å². The molecule has 0 amide bonds. The van der Waals surface area contributed by atoms with Crippen molar-refractivity contribution in [3.63, 3.8) is 0 Å². The van der Waals surface area contributed by atoms with Crippen LogP contribution in [-0.4, -0.2) is 17.3 Å². The second-order valence-electron chi connectivity index (χ2n) is 18.5. The summed E-state index contributed by atoms with van der Waals surface area (Å²) >= 11 is 0. The molecule has 0 atom stereocenters. The van der Waals surface area contributed by atoms with E-state index in [2.05, 4.69) is 277 Å². The van der Waals surface area contributed by atoms with Crippen LogP contribution in [0.1, 0.15) is 36.5 Å². The summed E-state index contributed by atoms with van der Waals surface area (Å²) in [4.78, 5) is 5.78. The van der Waals surface area contributed by atoms with Crippen LogP contribution in [0.5, 0.6) is 0 Å². The number of aromatic nitrogens is 1. The highest BCUT2D eigenvalue weighted by molar-refractivity contribution is 6.21. The lowest BCUT2D eigenvalue weighted by Gasteiger charge is -2.21. The topological polar surface area (TPSA) is 41.4 Å². The van der Waals surface area contributed by atoms with Gasteiger partial charge in [-0.15, -0.1) is 0 Å². The largest absolute Gasteiger partial charge is 0.388 e. The molecule has 1 aromatic heterocycles. The Labute approximate surface area is 429 Å². The number of hydrogen-bond acceptors (Lipinski definition) is 3. The van der Waals surface area contributed by atoms with E-state index >= 15 is 0 Å². The monoisotopic (exact) mass is 942 g/mol. The lowest BCUT2D eigenvalue weighted by molar-refractivity contribution is 0.788. The van der Waals surface area contributed by atoms with Crippen molar-refractivity contribution in [2.45, 2.75) is 32.9 Å². The number of aliphatic imine (C=N–C) groups is 1. The minimum Gasteiger partial charge on any atom is -0.388 e. The highest BCUT2D eigenvalue weighted by atomic mass is 15.1. The molecule has 1 heterocycles. The molecule has 0 fully saturated rings. The van der Waals surface area contributed by atoms with Gasteiger partial charge >= 0.3 is 0 Å². The molecule has 0 aliphatic carbocycles. The molecule has 0 aliphatic heterocycles. The maximum Gasteiger partial charge on any atom is 0.115 e. The Morgan fingerprint density at radius 3 is 1.70 bits per heavy atom. The lowest BCUT2D eigenvalue weighted by Crippen LogP contribution is -2.07. The third-order valence-corrected chi connectivity index (χ3v) is 14.0. The number of allylic oxidation sites excluding steroid dienone is 1. The summed E-state index contributed by atoms with van der Waals surface area (Å²) in [7, 11) is 2.00. The van der Waals surface area contributed by atoms with Crippen LogP contribution in [0.2, 0.25) is 0 Å². The molecule has 4 nitrogen and oxygen atoms in total. The standard InChI is InChI=1S/C69H58N4/c1-3-49-25-19-20-38-60(49)68-65(72-59-36-17-8-18-37-59)47-62(58-45-56(51-28-11-5-12-29-51)44-57(46-58)52-30-13-6-14-31-52)67-61-39-21-22-42-66(61)73(69(67)68)48-71-64(41-24-40-63(70-2)53-32-15-7-16-33-53)55-35-23-34-54(43-55)50-26-9-4-10-27-50/h4-23,25-40,42-47,70,72H,3,24,41,48H2,1-2H3/b63-40-,71-64?.